The number of ether oxygens (including phenoxy) is 1. The summed E-state index contributed by atoms with van der Waals surface area (Å²) in [6.07, 6.45) is 2.61. The lowest BCUT2D eigenvalue weighted by molar-refractivity contribution is 0.397. The number of halogens is 2. The molecule has 24 heavy (non-hydrogen) atoms. The summed E-state index contributed by atoms with van der Waals surface area (Å²) in [7, 11) is 3.36. The second kappa shape index (κ2) is 11.1. The molecule has 130 valence electrons. The van der Waals surface area contributed by atoms with E-state index in [4.69, 9.17) is 16.3 Å². The van der Waals surface area contributed by atoms with E-state index in [2.05, 4.69) is 26.7 Å². The Labute approximate surface area is 164 Å². The zero-order valence-corrected chi connectivity index (χ0v) is 16.8. The van der Waals surface area contributed by atoms with Gasteiger partial charge in [0.05, 0.1) is 7.11 Å². The Morgan fingerprint density at radius 1 is 1.21 bits per heavy atom. The predicted molar refractivity (Wildman–Crippen MR) is 110 cm³/mol. The second-order valence-corrected chi connectivity index (χ2v) is 5.38. The maximum Gasteiger partial charge on any atom is 0.213 e. The summed E-state index contributed by atoms with van der Waals surface area (Å²) in [6.45, 7) is 1.43. The highest BCUT2D eigenvalue weighted by molar-refractivity contribution is 14.0. The van der Waals surface area contributed by atoms with Gasteiger partial charge in [0.25, 0.3) is 0 Å². The van der Waals surface area contributed by atoms with Crippen molar-refractivity contribution in [3.63, 3.8) is 0 Å². The third-order valence-electron chi connectivity index (χ3n) is 3.29. The fourth-order valence-electron chi connectivity index (χ4n) is 2.10. The Bertz CT molecular complexity index is 667. The third kappa shape index (κ3) is 6.92. The minimum absolute atomic E-state index is 0. The number of methoxy groups -OCH3 is 1. The predicted octanol–water partition coefficient (Wildman–Crippen LogP) is 3.27. The quantitative estimate of drug-likeness (QED) is 0.395. The summed E-state index contributed by atoms with van der Waals surface area (Å²) in [5, 5.41) is 7.31. The van der Waals surface area contributed by atoms with Gasteiger partial charge in [-0.3, -0.25) is 4.99 Å². The number of hydrogen-bond acceptors (Lipinski definition) is 3. The Morgan fingerprint density at radius 3 is 2.75 bits per heavy atom. The molecule has 7 heteroatoms. The van der Waals surface area contributed by atoms with Gasteiger partial charge in [-0.2, -0.15) is 0 Å². The minimum Gasteiger partial charge on any atom is -0.481 e. The highest BCUT2D eigenvalue weighted by Crippen LogP contribution is 2.10. The largest absolute Gasteiger partial charge is 0.481 e. The number of nitrogens with one attached hydrogen (secondary N) is 2. The van der Waals surface area contributed by atoms with Crippen LogP contribution in [0.3, 0.4) is 0 Å². The number of aromatic nitrogens is 1. The minimum atomic E-state index is 0. The van der Waals surface area contributed by atoms with Crippen LogP contribution in [-0.2, 0) is 13.0 Å². The van der Waals surface area contributed by atoms with Gasteiger partial charge in [0.15, 0.2) is 5.96 Å². The molecule has 0 atom stereocenters. The number of nitrogens with zero attached hydrogens (tertiary/aromatic N) is 2. The van der Waals surface area contributed by atoms with Gasteiger partial charge >= 0.3 is 0 Å². The number of rotatable bonds is 6. The molecule has 1 aromatic heterocycles. The summed E-state index contributed by atoms with van der Waals surface area (Å²) < 4.78 is 5.12. The monoisotopic (exact) mass is 460 g/mol. The summed E-state index contributed by atoms with van der Waals surface area (Å²) in [5.74, 6) is 1.36. The lowest BCUT2D eigenvalue weighted by Gasteiger charge is -2.12. The SMILES string of the molecule is CN=C(NCCc1cccc(Cl)c1)NCc1ccnc(OC)c1.I. The van der Waals surface area contributed by atoms with Crippen LogP contribution < -0.4 is 15.4 Å². The highest BCUT2D eigenvalue weighted by Gasteiger charge is 2.01. The molecule has 0 bridgehead atoms. The fraction of sp³-hybridized carbons (Fsp3) is 0.294. The molecule has 0 spiro atoms. The van der Waals surface area contributed by atoms with Gasteiger partial charge in [0.2, 0.25) is 5.88 Å². The molecule has 0 radical (unpaired) electrons. The Morgan fingerprint density at radius 2 is 2.04 bits per heavy atom. The summed E-state index contributed by atoms with van der Waals surface area (Å²) in [4.78, 5) is 8.30. The summed E-state index contributed by atoms with van der Waals surface area (Å²) >= 11 is 5.98. The maximum absolute atomic E-state index is 5.98. The van der Waals surface area contributed by atoms with Crippen molar-refractivity contribution in [3.05, 3.63) is 58.7 Å². The van der Waals surface area contributed by atoms with Gasteiger partial charge in [-0.05, 0) is 35.7 Å². The van der Waals surface area contributed by atoms with E-state index < -0.39 is 0 Å². The van der Waals surface area contributed by atoms with E-state index in [0.29, 0.717) is 12.4 Å². The van der Waals surface area contributed by atoms with Crippen molar-refractivity contribution in [2.75, 3.05) is 20.7 Å². The van der Waals surface area contributed by atoms with E-state index in [1.54, 1.807) is 20.4 Å². The van der Waals surface area contributed by atoms with E-state index in [0.717, 1.165) is 29.5 Å². The molecule has 0 aliphatic carbocycles. The molecule has 2 rings (SSSR count). The molecule has 0 aliphatic rings. The first-order chi connectivity index (χ1) is 11.2. The Balaban J connectivity index is 0.00000288. The van der Waals surface area contributed by atoms with Crippen molar-refractivity contribution in [2.45, 2.75) is 13.0 Å². The molecule has 0 saturated heterocycles. The molecule has 0 aliphatic heterocycles. The first kappa shape index (κ1) is 20.5. The highest BCUT2D eigenvalue weighted by atomic mass is 127. The van der Waals surface area contributed by atoms with Gasteiger partial charge in [-0.1, -0.05) is 23.7 Å². The van der Waals surface area contributed by atoms with Crippen molar-refractivity contribution >= 4 is 41.5 Å². The van der Waals surface area contributed by atoms with Crippen LogP contribution in [0.2, 0.25) is 5.02 Å². The van der Waals surface area contributed by atoms with Gasteiger partial charge in [-0.25, -0.2) is 4.98 Å². The molecular formula is C17H22ClIN4O. The van der Waals surface area contributed by atoms with Crippen molar-refractivity contribution in [3.8, 4) is 5.88 Å². The normalized spacial score (nSPS) is 10.7. The molecular weight excluding hydrogens is 439 g/mol. The summed E-state index contributed by atoms with van der Waals surface area (Å²) in [5.41, 5.74) is 2.27. The van der Waals surface area contributed by atoms with Crippen LogP contribution in [0.5, 0.6) is 5.88 Å². The molecule has 0 saturated carbocycles. The van der Waals surface area contributed by atoms with Gasteiger partial charge in [0.1, 0.15) is 0 Å². The molecule has 1 heterocycles. The molecule has 2 aromatic rings. The van der Waals surface area contributed by atoms with E-state index in [1.807, 2.05) is 30.3 Å². The average Bonchev–Trinajstić information content (AvgIpc) is 2.58. The zero-order valence-electron chi connectivity index (χ0n) is 13.8. The smallest absolute Gasteiger partial charge is 0.213 e. The van der Waals surface area contributed by atoms with Crippen LogP contribution in [0.25, 0.3) is 0 Å². The standard InChI is InChI=1S/C17H21ClN4O.HI/c1-19-17(21-9-6-13-4-3-5-15(18)10-13)22-12-14-7-8-20-16(11-14)23-2;/h3-5,7-8,10-11H,6,9,12H2,1-2H3,(H2,19,21,22);1H. The van der Waals surface area contributed by atoms with Crippen LogP contribution in [-0.4, -0.2) is 31.6 Å². The average molecular weight is 461 g/mol. The third-order valence-corrected chi connectivity index (χ3v) is 3.52. The van der Waals surface area contributed by atoms with Crippen LogP contribution in [0.15, 0.2) is 47.6 Å². The Hall–Kier alpha value is -1.54. The number of hydrogen-bond donors (Lipinski definition) is 2. The first-order valence-electron chi connectivity index (χ1n) is 7.39. The lowest BCUT2D eigenvalue weighted by atomic mass is 10.1. The van der Waals surface area contributed by atoms with Crippen molar-refractivity contribution < 1.29 is 4.74 Å². The van der Waals surface area contributed by atoms with Gasteiger partial charge in [0, 0.05) is 37.4 Å². The van der Waals surface area contributed by atoms with Crippen molar-refractivity contribution in [2.24, 2.45) is 4.99 Å². The molecule has 2 N–H and O–H groups in total. The van der Waals surface area contributed by atoms with Crippen LogP contribution in [0.1, 0.15) is 11.1 Å². The lowest BCUT2D eigenvalue weighted by Crippen LogP contribution is -2.37. The van der Waals surface area contributed by atoms with E-state index in [-0.39, 0.29) is 24.0 Å². The number of pyridine rings is 1. The van der Waals surface area contributed by atoms with Crippen LogP contribution in [0, 0.1) is 0 Å². The van der Waals surface area contributed by atoms with Crippen molar-refractivity contribution in [1.29, 1.82) is 0 Å². The second-order valence-electron chi connectivity index (χ2n) is 4.94. The topological polar surface area (TPSA) is 58.5 Å². The Kier molecular flexibility index (Phi) is 9.48. The number of benzene rings is 1. The molecule has 0 amide bonds. The number of guanidine groups is 1. The van der Waals surface area contributed by atoms with E-state index in [9.17, 15) is 0 Å². The maximum atomic E-state index is 5.98. The van der Waals surface area contributed by atoms with E-state index >= 15 is 0 Å². The van der Waals surface area contributed by atoms with Crippen molar-refractivity contribution in [1.82, 2.24) is 15.6 Å². The summed E-state index contributed by atoms with van der Waals surface area (Å²) in [6, 6.07) is 11.7. The van der Waals surface area contributed by atoms with Gasteiger partial charge in [-0.15, -0.1) is 24.0 Å². The van der Waals surface area contributed by atoms with Crippen LogP contribution in [0.4, 0.5) is 0 Å². The molecule has 0 unspecified atom stereocenters. The zero-order chi connectivity index (χ0) is 16.5. The molecule has 1 aromatic carbocycles. The first-order valence-corrected chi connectivity index (χ1v) is 7.77. The van der Waals surface area contributed by atoms with Gasteiger partial charge < -0.3 is 15.4 Å². The fourth-order valence-corrected chi connectivity index (χ4v) is 2.31. The van der Waals surface area contributed by atoms with Crippen LogP contribution >= 0.6 is 35.6 Å². The molecule has 0 fully saturated rings. The van der Waals surface area contributed by atoms with E-state index in [1.165, 1.54) is 5.56 Å². The molecule has 5 nitrogen and oxygen atoms in total. The number of aliphatic imine (C=N–C) groups is 1.